The third-order valence-electron chi connectivity index (χ3n) is 6.36. The van der Waals surface area contributed by atoms with Crippen LogP contribution in [0.3, 0.4) is 0 Å². The smallest absolute Gasteiger partial charge is 0.433 e. The quantitative estimate of drug-likeness (QED) is 0.469. The number of benzene rings is 1. The molecule has 1 aliphatic heterocycles. The molecule has 1 fully saturated rings. The molecule has 0 spiro atoms. The van der Waals surface area contributed by atoms with Gasteiger partial charge in [-0.15, -0.1) is 0 Å². The number of hydrogen-bond donors (Lipinski definition) is 3. The van der Waals surface area contributed by atoms with Gasteiger partial charge in [0.25, 0.3) is 11.5 Å². The number of carbonyl (C=O) groups excluding carboxylic acids is 1. The van der Waals surface area contributed by atoms with E-state index in [1.54, 1.807) is 0 Å². The molecular weight excluding hydrogens is 481 g/mol. The lowest BCUT2D eigenvalue weighted by Crippen LogP contribution is -2.36. The number of aliphatic hydroxyl groups excluding tert-OH is 2. The molecule has 3 aromatic rings. The molecule has 192 valence electrons. The zero-order chi connectivity index (χ0) is 26.3. The number of halogens is 3. The third-order valence-corrected chi connectivity index (χ3v) is 6.36. The Morgan fingerprint density at radius 3 is 2.47 bits per heavy atom. The lowest BCUT2D eigenvalue weighted by Gasteiger charge is -2.24. The first kappa shape index (κ1) is 25.6. The minimum absolute atomic E-state index is 0.0903. The Balaban J connectivity index is 1.57. The van der Waals surface area contributed by atoms with Gasteiger partial charge in [0.2, 0.25) is 0 Å². The molecule has 1 atom stereocenters. The predicted molar refractivity (Wildman–Crippen MR) is 123 cm³/mol. The number of aromatic amines is 1. The fourth-order valence-corrected chi connectivity index (χ4v) is 4.27. The van der Waals surface area contributed by atoms with Gasteiger partial charge in [-0.05, 0) is 50.6 Å². The van der Waals surface area contributed by atoms with E-state index in [0.29, 0.717) is 18.5 Å². The number of alkyl halides is 3. The standard InChI is InChI=1S/C24H25F3N4O5/c1-13(17-9-18-20(28-14(2)29-21(18)34)30-19(17)24(25,26)27)36-16-5-3-15(4-6-16)22(35)31-8-7-23(10-31,11-32)12-33/h3-6,9,13,32-33H,7-8,10-12H2,1-2H3,(H,28,29,30,34). The lowest BCUT2D eigenvalue weighted by atomic mass is 9.89. The fraction of sp³-hybridized carbons (Fsp3) is 0.417. The summed E-state index contributed by atoms with van der Waals surface area (Å²) in [5.74, 6) is 0.0651. The Hall–Kier alpha value is -3.51. The van der Waals surface area contributed by atoms with Gasteiger partial charge < -0.3 is 24.8 Å². The topological polar surface area (TPSA) is 129 Å². The van der Waals surface area contributed by atoms with Gasteiger partial charge >= 0.3 is 6.18 Å². The first-order chi connectivity index (χ1) is 17.0. The third kappa shape index (κ3) is 4.91. The van der Waals surface area contributed by atoms with Crippen molar-refractivity contribution in [2.75, 3.05) is 26.3 Å². The van der Waals surface area contributed by atoms with E-state index < -0.39 is 28.9 Å². The van der Waals surface area contributed by atoms with Crippen molar-refractivity contribution in [1.29, 1.82) is 0 Å². The SMILES string of the molecule is Cc1nc2nc(C(F)(F)F)c(C(C)Oc3ccc(C(=O)N4CCC(CO)(CO)C4)cc3)cc2c(=O)[nH]1. The number of likely N-dealkylation sites (tertiary alicyclic amines) is 1. The highest BCUT2D eigenvalue weighted by Crippen LogP contribution is 2.36. The number of aliphatic hydroxyl groups is 2. The molecule has 0 saturated carbocycles. The first-order valence-electron chi connectivity index (χ1n) is 11.2. The van der Waals surface area contributed by atoms with Crippen LogP contribution in [0.15, 0.2) is 35.1 Å². The minimum atomic E-state index is -4.80. The van der Waals surface area contributed by atoms with Gasteiger partial charge in [0.1, 0.15) is 17.7 Å². The number of aryl methyl sites for hydroxylation is 1. The molecule has 12 heteroatoms. The number of nitrogens with zero attached hydrogens (tertiary/aromatic N) is 3. The second-order valence-electron chi connectivity index (χ2n) is 9.02. The number of pyridine rings is 1. The van der Waals surface area contributed by atoms with Gasteiger partial charge in [0.15, 0.2) is 11.3 Å². The number of hydrogen-bond acceptors (Lipinski definition) is 7. The van der Waals surface area contributed by atoms with Gasteiger partial charge in [-0.1, -0.05) is 0 Å². The van der Waals surface area contributed by atoms with Crippen LogP contribution >= 0.6 is 0 Å². The van der Waals surface area contributed by atoms with Crippen LogP contribution in [0.2, 0.25) is 0 Å². The monoisotopic (exact) mass is 506 g/mol. The van der Waals surface area contributed by atoms with Crippen molar-refractivity contribution >= 4 is 16.9 Å². The van der Waals surface area contributed by atoms with Crippen molar-refractivity contribution in [3.05, 3.63) is 63.3 Å². The summed E-state index contributed by atoms with van der Waals surface area (Å²) in [6, 6.07) is 6.99. The molecule has 36 heavy (non-hydrogen) atoms. The highest BCUT2D eigenvalue weighted by atomic mass is 19.4. The number of fused-ring (bicyclic) bond motifs is 1. The molecule has 0 radical (unpaired) electrons. The van der Waals surface area contributed by atoms with E-state index in [-0.39, 0.29) is 53.8 Å². The van der Waals surface area contributed by atoms with E-state index >= 15 is 0 Å². The van der Waals surface area contributed by atoms with Crippen molar-refractivity contribution in [3.8, 4) is 5.75 Å². The number of amides is 1. The van der Waals surface area contributed by atoms with Crippen molar-refractivity contribution in [2.45, 2.75) is 32.5 Å². The number of H-pyrrole nitrogens is 1. The van der Waals surface area contributed by atoms with Crippen LogP contribution < -0.4 is 10.3 Å². The Morgan fingerprint density at radius 2 is 1.89 bits per heavy atom. The summed E-state index contributed by atoms with van der Waals surface area (Å²) in [4.78, 5) is 36.6. The summed E-state index contributed by atoms with van der Waals surface area (Å²) < 4.78 is 47.0. The van der Waals surface area contributed by atoms with Crippen LogP contribution in [0.4, 0.5) is 13.2 Å². The van der Waals surface area contributed by atoms with E-state index in [2.05, 4.69) is 15.0 Å². The summed E-state index contributed by atoms with van der Waals surface area (Å²) >= 11 is 0. The van der Waals surface area contributed by atoms with Crippen LogP contribution in [0.5, 0.6) is 5.75 Å². The van der Waals surface area contributed by atoms with Gasteiger partial charge in [0.05, 0.1) is 18.6 Å². The van der Waals surface area contributed by atoms with Gasteiger partial charge in [0, 0.05) is 29.6 Å². The number of carbonyl (C=O) groups is 1. The highest BCUT2D eigenvalue weighted by molar-refractivity contribution is 5.94. The van der Waals surface area contributed by atoms with E-state index in [1.165, 1.54) is 43.0 Å². The summed E-state index contributed by atoms with van der Waals surface area (Å²) in [7, 11) is 0. The second-order valence-corrected chi connectivity index (χ2v) is 9.02. The summed E-state index contributed by atoms with van der Waals surface area (Å²) in [5.41, 5.74) is -2.84. The van der Waals surface area contributed by atoms with Crippen LogP contribution in [0.25, 0.3) is 11.0 Å². The van der Waals surface area contributed by atoms with Crippen molar-refractivity contribution in [1.82, 2.24) is 19.9 Å². The van der Waals surface area contributed by atoms with E-state index in [4.69, 9.17) is 4.74 Å². The molecule has 4 rings (SSSR count). The molecule has 1 unspecified atom stereocenters. The first-order valence-corrected chi connectivity index (χ1v) is 11.2. The number of rotatable bonds is 6. The zero-order valence-corrected chi connectivity index (χ0v) is 19.6. The van der Waals surface area contributed by atoms with Crippen molar-refractivity contribution in [2.24, 2.45) is 5.41 Å². The largest absolute Gasteiger partial charge is 0.486 e. The molecule has 0 bridgehead atoms. The normalized spacial score (nSPS) is 16.4. The second kappa shape index (κ2) is 9.51. The van der Waals surface area contributed by atoms with Gasteiger partial charge in [-0.25, -0.2) is 9.97 Å². The maximum absolute atomic E-state index is 13.8. The molecule has 1 aliphatic rings. The molecule has 1 aromatic carbocycles. The van der Waals surface area contributed by atoms with Gasteiger partial charge in [-0.2, -0.15) is 13.2 Å². The molecule has 3 N–H and O–H groups in total. The molecule has 3 heterocycles. The number of nitrogens with one attached hydrogen (secondary N) is 1. The lowest BCUT2D eigenvalue weighted by molar-refractivity contribution is -0.142. The van der Waals surface area contributed by atoms with E-state index in [9.17, 15) is 33.0 Å². The van der Waals surface area contributed by atoms with Gasteiger partial charge in [-0.3, -0.25) is 9.59 Å². The van der Waals surface area contributed by atoms with Crippen LogP contribution in [0.1, 0.15) is 46.9 Å². The van der Waals surface area contributed by atoms with Crippen molar-refractivity contribution < 1.29 is 32.9 Å². The number of ether oxygens (including phenoxy) is 1. The Bertz CT molecular complexity index is 1340. The molecule has 2 aromatic heterocycles. The van der Waals surface area contributed by atoms with Crippen LogP contribution in [-0.4, -0.2) is 62.3 Å². The molecular formula is C24H25F3N4O5. The Labute approximate surface area is 203 Å². The van der Waals surface area contributed by atoms with E-state index in [0.717, 1.165) is 6.07 Å². The Kier molecular flexibility index (Phi) is 6.76. The number of aromatic nitrogens is 3. The summed E-state index contributed by atoms with van der Waals surface area (Å²) in [6.45, 7) is 2.99. The Morgan fingerprint density at radius 1 is 1.22 bits per heavy atom. The van der Waals surface area contributed by atoms with Crippen LogP contribution in [-0.2, 0) is 6.18 Å². The average molecular weight is 506 g/mol. The fourth-order valence-electron chi connectivity index (χ4n) is 4.27. The maximum Gasteiger partial charge on any atom is 0.433 e. The van der Waals surface area contributed by atoms with Crippen LogP contribution in [0, 0.1) is 12.3 Å². The van der Waals surface area contributed by atoms with Crippen molar-refractivity contribution in [3.63, 3.8) is 0 Å². The zero-order valence-electron chi connectivity index (χ0n) is 19.6. The molecule has 0 aliphatic carbocycles. The highest BCUT2D eigenvalue weighted by Gasteiger charge is 2.40. The summed E-state index contributed by atoms with van der Waals surface area (Å²) in [5, 5.41) is 19.0. The summed E-state index contributed by atoms with van der Waals surface area (Å²) in [6.07, 6.45) is -5.46. The minimum Gasteiger partial charge on any atom is -0.486 e. The van der Waals surface area contributed by atoms with E-state index in [1.807, 2.05) is 0 Å². The predicted octanol–water partition coefficient (Wildman–Crippen LogP) is 2.60. The maximum atomic E-state index is 13.8. The molecule has 9 nitrogen and oxygen atoms in total. The molecule has 1 amide bonds. The molecule has 1 saturated heterocycles. The average Bonchev–Trinajstić information content (AvgIpc) is 3.28.